The van der Waals surface area contributed by atoms with E-state index in [9.17, 15) is 4.21 Å². The summed E-state index contributed by atoms with van der Waals surface area (Å²) in [6.45, 7) is 4.37. The molecule has 0 bridgehead atoms. The molecular formula is C14H28N4OS. The molecule has 0 atom stereocenters. The van der Waals surface area contributed by atoms with Crippen molar-refractivity contribution in [2.75, 3.05) is 11.5 Å². The molecule has 0 saturated heterocycles. The molecule has 0 spiro atoms. The van der Waals surface area contributed by atoms with Crippen LogP contribution in [-0.2, 0) is 9.73 Å². The first-order chi connectivity index (χ1) is 9.70. The predicted octanol–water partition coefficient (Wildman–Crippen LogP) is 3.67. The van der Waals surface area contributed by atoms with E-state index >= 15 is 0 Å². The molecule has 0 unspecified atom stereocenters. The first-order valence-electron chi connectivity index (χ1n) is 7.77. The zero-order valence-corrected chi connectivity index (χ0v) is 13.6. The Morgan fingerprint density at radius 3 is 1.85 bits per heavy atom. The van der Waals surface area contributed by atoms with Gasteiger partial charge in [0.15, 0.2) is 0 Å². The Morgan fingerprint density at radius 2 is 1.40 bits per heavy atom. The van der Waals surface area contributed by atoms with E-state index in [-0.39, 0.29) is 0 Å². The number of hydrogen-bond donors (Lipinski definition) is 0. The van der Waals surface area contributed by atoms with Gasteiger partial charge in [-0.25, -0.2) is 4.21 Å². The molecule has 0 saturated carbocycles. The molecular weight excluding hydrogens is 272 g/mol. The van der Waals surface area contributed by atoms with E-state index in [0.717, 1.165) is 25.7 Å². The minimum Gasteiger partial charge on any atom is -0.248 e. The Morgan fingerprint density at radius 1 is 0.900 bits per heavy atom. The first kappa shape index (κ1) is 17.1. The third kappa shape index (κ3) is 7.03. The smallest absolute Gasteiger partial charge is 0.142 e. The van der Waals surface area contributed by atoms with Crippen LogP contribution >= 0.6 is 0 Å². The van der Waals surface area contributed by atoms with Gasteiger partial charge in [0.25, 0.3) is 0 Å². The van der Waals surface area contributed by atoms with Crippen molar-refractivity contribution in [2.24, 2.45) is 4.47 Å². The fraction of sp³-hybridized carbons (Fsp3) is 0.857. The van der Waals surface area contributed by atoms with E-state index in [0.29, 0.717) is 11.5 Å². The predicted molar refractivity (Wildman–Crippen MR) is 84.0 cm³/mol. The molecule has 0 amide bonds. The molecule has 5 nitrogen and oxygen atoms in total. The fourth-order valence-corrected chi connectivity index (χ4v) is 4.21. The number of hydrogen-bond acceptors (Lipinski definition) is 4. The lowest BCUT2D eigenvalue weighted by atomic mass is 10.2. The van der Waals surface area contributed by atoms with Crippen molar-refractivity contribution in [3.05, 3.63) is 12.7 Å². The van der Waals surface area contributed by atoms with Crippen LogP contribution in [0.4, 0.5) is 0 Å². The van der Waals surface area contributed by atoms with Gasteiger partial charge in [-0.2, -0.15) is 4.68 Å². The average Bonchev–Trinajstić information content (AvgIpc) is 2.93. The summed E-state index contributed by atoms with van der Waals surface area (Å²) in [6, 6.07) is 0. The second-order valence-corrected chi connectivity index (χ2v) is 7.75. The Hall–Kier alpha value is -0.910. The van der Waals surface area contributed by atoms with Crippen LogP contribution in [-0.4, -0.2) is 30.6 Å². The minimum atomic E-state index is -2.16. The van der Waals surface area contributed by atoms with Gasteiger partial charge < -0.3 is 0 Å². The van der Waals surface area contributed by atoms with Crippen molar-refractivity contribution in [3.63, 3.8) is 0 Å². The number of rotatable bonds is 11. The third-order valence-corrected chi connectivity index (χ3v) is 5.62. The van der Waals surface area contributed by atoms with Gasteiger partial charge in [0.2, 0.25) is 0 Å². The van der Waals surface area contributed by atoms with Crippen LogP contribution in [0.3, 0.4) is 0 Å². The second kappa shape index (κ2) is 9.91. The summed E-state index contributed by atoms with van der Waals surface area (Å²) in [7, 11) is -2.16. The molecule has 1 aromatic rings. The van der Waals surface area contributed by atoms with Gasteiger partial charge in [-0.1, -0.05) is 52.4 Å². The van der Waals surface area contributed by atoms with Gasteiger partial charge in [0.1, 0.15) is 12.7 Å². The summed E-state index contributed by atoms with van der Waals surface area (Å²) < 4.78 is 18.8. The molecule has 6 heteroatoms. The lowest BCUT2D eigenvalue weighted by Gasteiger charge is -2.10. The summed E-state index contributed by atoms with van der Waals surface area (Å²) in [5, 5.41) is 7.44. The highest BCUT2D eigenvalue weighted by Crippen LogP contribution is 2.10. The molecule has 0 aromatic carbocycles. The quantitative estimate of drug-likeness (QED) is 0.586. The Kier molecular flexibility index (Phi) is 8.49. The first-order valence-corrected chi connectivity index (χ1v) is 9.63. The van der Waals surface area contributed by atoms with Crippen molar-refractivity contribution in [1.82, 2.24) is 14.9 Å². The van der Waals surface area contributed by atoms with Crippen molar-refractivity contribution < 1.29 is 4.21 Å². The number of aromatic nitrogens is 3. The molecule has 0 N–H and O–H groups in total. The van der Waals surface area contributed by atoms with Crippen LogP contribution in [0, 0.1) is 0 Å². The SMILES string of the molecule is CCCCCCS(=O)(CCCCCC)=Nn1cnnc1. The molecule has 20 heavy (non-hydrogen) atoms. The Bertz CT molecular complexity index is 432. The van der Waals surface area contributed by atoms with Gasteiger partial charge in [0, 0.05) is 11.5 Å². The molecule has 1 aromatic heterocycles. The van der Waals surface area contributed by atoms with Gasteiger partial charge in [-0.3, -0.25) is 0 Å². The number of nitrogens with zero attached hydrogens (tertiary/aromatic N) is 4. The maximum atomic E-state index is 12.9. The summed E-state index contributed by atoms with van der Waals surface area (Å²) in [6.07, 6.45) is 12.1. The average molecular weight is 300 g/mol. The van der Waals surface area contributed by atoms with Gasteiger partial charge >= 0.3 is 0 Å². The van der Waals surface area contributed by atoms with Crippen LogP contribution in [0.1, 0.15) is 65.2 Å². The highest BCUT2D eigenvalue weighted by Gasteiger charge is 2.10. The van der Waals surface area contributed by atoms with E-state index in [1.54, 1.807) is 0 Å². The molecule has 0 aliphatic carbocycles. The van der Waals surface area contributed by atoms with Crippen LogP contribution < -0.4 is 0 Å². The summed E-state index contributed by atoms with van der Waals surface area (Å²) in [5.74, 6) is 1.38. The van der Waals surface area contributed by atoms with E-state index < -0.39 is 9.73 Å². The van der Waals surface area contributed by atoms with Crippen molar-refractivity contribution >= 4 is 9.73 Å². The molecule has 0 aliphatic rings. The van der Waals surface area contributed by atoms with Crippen LogP contribution in [0.2, 0.25) is 0 Å². The molecule has 1 heterocycles. The second-order valence-electron chi connectivity index (χ2n) is 5.23. The maximum absolute atomic E-state index is 12.9. The third-order valence-electron chi connectivity index (χ3n) is 3.28. The monoisotopic (exact) mass is 300 g/mol. The molecule has 0 radical (unpaired) electrons. The summed E-state index contributed by atoms with van der Waals surface area (Å²) in [4.78, 5) is 0. The Labute approximate surface area is 123 Å². The van der Waals surface area contributed by atoms with E-state index in [1.165, 1.54) is 43.0 Å². The van der Waals surface area contributed by atoms with Crippen molar-refractivity contribution in [1.29, 1.82) is 0 Å². The molecule has 1 rings (SSSR count). The van der Waals surface area contributed by atoms with E-state index in [1.807, 2.05) is 0 Å². The standard InChI is InChI=1S/C14H28N4OS/c1-3-5-7-9-11-20(19,12-10-8-6-4-2)17-18-13-15-16-14-18/h13-14H,3-12H2,1-2H3. The van der Waals surface area contributed by atoms with Gasteiger partial charge in [-0.05, 0) is 12.8 Å². The highest BCUT2D eigenvalue weighted by atomic mass is 32.2. The largest absolute Gasteiger partial charge is 0.248 e. The van der Waals surface area contributed by atoms with Crippen molar-refractivity contribution in [2.45, 2.75) is 65.2 Å². The van der Waals surface area contributed by atoms with Crippen LogP contribution in [0.5, 0.6) is 0 Å². The summed E-state index contributed by atoms with van der Waals surface area (Å²) >= 11 is 0. The highest BCUT2D eigenvalue weighted by molar-refractivity contribution is 7.93. The van der Waals surface area contributed by atoms with Crippen LogP contribution in [0.15, 0.2) is 17.1 Å². The van der Waals surface area contributed by atoms with Gasteiger partial charge in [0.05, 0.1) is 9.73 Å². The number of unbranched alkanes of at least 4 members (excludes halogenated alkanes) is 6. The zero-order chi connectivity index (χ0) is 14.7. The fourth-order valence-electron chi connectivity index (χ4n) is 2.10. The van der Waals surface area contributed by atoms with E-state index in [2.05, 4.69) is 28.5 Å². The lowest BCUT2D eigenvalue weighted by molar-refractivity contribution is 0.646. The Balaban J connectivity index is 2.60. The van der Waals surface area contributed by atoms with Gasteiger partial charge in [-0.15, -0.1) is 14.7 Å². The minimum absolute atomic E-state index is 0.692. The molecule has 0 fully saturated rings. The molecule has 0 aliphatic heterocycles. The summed E-state index contributed by atoms with van der Waals surface area (Å²) in [5.41, 5.74) is 0. The normalized spacial score (nSPS) is 11.7. The maximum Gasteiger partial charge on any atom is 0.142 e. The molecule has 116 valence electrons. The topological polar surface area (TPSA) is 60.1 Å². The lowest BCUT2D eigenvalue weighted by Crippen LogP contribution is -2.13. The van der Waals surface area contributed by atoms with Crippen molar-refractivity contribution in [3.8, 4) is 0 Å². The van der Waals surface area contributed by atoms with Crippen LogP contribution in [0.25, 0.3) is 0 Å². The van der Waals surface area contributed by atoms with E-state index in [4.69, 9.17) is 0 Å². The zero-order valence-electron chi connectivity index (χ0n) is 12.8.